The second-order valence-corrected chi connectivity index (χ2v) is 8.85. The van der Waals surface area contributed by atoms with Gasteiger partial charge < -0.3 is 15.0 Å². The summed E-state index contributed by atoms with van der Waals surface area (Å²) in [6.07, 6.45) is 0.387. The molecule has 0 aliphatic carbocycles. The number of amides is 1. The second kappa shape index (κ2) is 7.42. The summed E-state index contributed by atoms with van der Waals surface area (Å²) >= 11 is 0. The van der Waals surface area contributed by atoms with Crippen LogP contribution in [0.1, 0.15) is 29.8 Å². The summed E-state index contributed by atoms with van der Waals surface area (Å²) in [5.41, 5.74) is 5.12. The van der Waals surface area contributed by atoms with Gasteiger partial charge in [-0.15, -0.1) is 0 Å². The minimum atomic E-state index is -0.677. The monoisotopic (exact) mass is 452 g/mol. The summed E-state index contributed by atoms with van der Waals surface area (Å²) < 4.78 is 13.7. The van der Waals surface area contributed by atoms with Crippen LogP contribution in [0, 0.1) is 5.82 Å². The van der Waals surface area contributed by atoms with Crippen molar-refractivity contribution in [2.24, 2.45) is 0 Å². The van der Waals surface area contributed by atoms with Crippen molar-refractivity contribution in [2.45, 2.75) is 25.4 Å². The molecule has 2 N–H and O–H groups in total. The Hall–Kier alpha value is -4.19. The number of nitrogens with one attached hydrogen (secondary N) is 1. The number of hydrogen-bond acceptors (Lipinski definition) is 3. The van der Waals surface area contributed by atoms with Crippen LogP contribution >= 0.6 is 0 Å². The van der Waals surface area contributed by atoms with Gasteiger partial charge in [0.2, 0.25) is 0 Å². The molecule has 0 bridgehead atoms. The number of carbonyl (C=O) groups is 2. The zero-order chi connectivity index (χ0) is 23.6. The largest absolute Gasteiger partial charge is 0.512 e. The van der Waals surface area contributed by atoms with Crippen molar-refractivity contribution in [3.63, 3.8) is 0 Å². The number of allylic oxidation sites excluding steroid dienone is 1. The summed E-state index contributed by atoms with van der Waals surface area (Å²) in [4.78, 5) is 31.6. The minimum Gasteiger partial charge on any atom is -0.512 e. The maximum Gasteiger partial charge on any atom is 0.262 e. The molecule has 1 aromatic heterocycles. The Kier molecular flexibility index (Phi) is 4.45. The summed E-state index contributed by atoms with van der Waals surface area (Å²) in [6, 6.07) is 20.7. The maximum atomic E-state index is 13.7. The van der Waals surface area contributed by atoms with E-state index in [0.29, 0.717) is 6.42 Å². The Morgan fingerprint density at radius 3 is 2.50 bits per heavy atom. The number of aliphatic hydroxyl groups excluding tert-OH is 1. The van der Waals surface area contributed by atoms with Gasteiger partial charge in [0.25, 0.3) is 5.91 Å². The quantitative estimate of drug-likeness (QED) is 0.248. The van der Waals surface area contributed by atoms with Crippen LogP contribution in [-0.4, -0.2) is 32.7 Å². The molecule has 6 heteroatoms. The number of carbonyl (C=O) groups excluding carboxylic acids is 2. The van der Waals surface area contributed by atoms with Crippen LogP contribution in [0.3, 0.4) is 0 Å². The number of benzene rings is 3. The molecule has 1 amide bonds. The molecule has 3 aromatic carbocycles. The Morgan fingerprint density at radius 1 is 1.00 bits per heavy atom. The van der Waals surface area contributed by atoms with E-state index in [2.05, 4.69) is 4.98 Å². The number of aromatic amines is 1. The molecule has 2 atom stereocenters. The molecule has 5 nitrogen and oxygen atoms in total. The van der Waals surface area contributed by atoms with Gasteiger partial charge in [0.15, 0.2) is 5.78 Å². The zero-order valence-electron chi connectivity index (χ0n) is 18.4. The van der Waals surface area contributed by atoms with Crippen molar-refractivity contribution in [2.75, 3.05) is 0 Å². The predicted octanol–water partition coefficient (Wildman–Crippen LogP) is 5.23. The number of aliphatic hydroxyl groups is 1. The van der Waals surface area contributed by atoms with Gasteiger partial charge in [-0.25, -0.2) is 4.39 Å². The Labute approximate surface area is 195 Å². The molecule has 0 saturated carbocycles. The number of para-hydroxylation sites is 1. The van der Waals surface area contributed by atoms with E-state index in [-0.39, 0.29) is 22.9 Å². The van der Waals surface area contributed by atoms with Crippen LogP contribution in [0.2, 0.25) is 0 Å². The molecule has 1 saturated heterocycles. The van der Waals surface area contributed by atoms with Crippen molar-refractivity contribution in [3.8, 4) is 11.1 Å². The van der Waals surface area contributed by atoms with Gasteiger partial charge in [0.05, 0.1) is 6.04 Å². The number of hydrogen-bond donors (Lipinski definition) is 2. The third-order valence-corrected chi connectivity index (χ3v) is 6.88. The molecular formula is C28H21FN2O3. The number of halogens is 1. The lowest BCUT2D eigenvalue weighted by molar-refractivity contribution is -0.129. The molecule has 0 unspecified atom stereocenters. The van der Waals surface area contributed by atoms with Crippen LogP contribution in [0.15, 0.2) is 84.1 Å². The Bertz CT molecular complexity index is 1510. The first kappa shape index (κ1) is 20.4. The molecule has 0 radical (unpaired) electrons. The van der Waals surface area contributed by atoms with E-state index in [1.165, 1.54) is 19.1 Å². The first-order chi connectivity index (χ1) is 16.4. The zero-order valence-corrected chi connectivity index (χ0v) is 18.4. The van der Waals surface area contributed by atoms with Crippen LogP contribution < -0.4 is 0 Å². The number of fused-ring (bicyclic) bond motifs is 4. The van der Waals surface area contributed by atoms with E-state index in [0.717, 1.165) is 38.9 Å². The lowest BCUT2D eigenvalue weighted by atomic mass is 9.88. The van der Waals surface area contributed by atoms with Gasteiger partial charge in [0.1, 0.15) is 23.2 Å². The average Bonchev–Trinajstić information content (AvgIpc) is 3.32. The molecule has 6 rings (SSSR count). The Balaban J connectivity index is 1.52. The third kappa shape index (κ3) is 2.91. The summed E-state index contributed by atoms with van der Waals surface area (Å²) in [6.45, 7) is 1.38. The topological polar surface area (TPSA) is 73.4 Å². The first-order valence-electron chi connectivity index (χ1n) is 11.2. The highest BCUT2D eigenvalue weighted by Gasteiger charge is 2.52. The minimum absolute atomic E-state index is 0.138. The number of ketones is 1. The van der Waals surface area contributed by atoms with Gasteiger partial charge >= 0.3 is 0 Å². The van der Waals surface area contributed by atoms with E-state index in [4.69, 9.17) is 0 Å². The molecule has 34 heavy (non-hydrogen) atoms. The van der Waals surface area contributed by atoms with Gasteiger partial charge in [-0.1, -0.05) is 54.6 Å². The second-order valence-electron chi connectivity index (χ2n) is 8.85. The molecule has 0 spiro atoms. The Morgan fingerprint density at radius 2 is 1.76 bits per heavy atom. The lowest BCUT2D eigenvalue weighted by Crippen LogP contribution is -2.44. The van der Waals surface area contributed by atoms with Gasteiger partial charge in [0, 0.05) is 23.0 Å². The van der Waals surface area contributed by atoms with Crippen LogP contribution in [0.5, 0.6) is 0 Å². The van der Waals surface area contributed by atoms with E-state index in [9.17, 15) is 19.1 Å². The van der Waals surface area contributed by atoms with Crippen molar-refractivity contribution in [1.29, 1.82) is 0 Å². The predicted molar refractivity (Wildman–Crippen MR) is 127 cm³/mol. The smallest absolute Gasteiger partial charge is 0.262 e. The van der Waals surface area contributed by atoms with Crippen molar-refractivity contribution in [3.05, 3.63) is 107 Å². The van der Waals surface area contributed by atoms with Crippen LogP contribution in [0.4, 0.5) is 4.39 Å². The third-order valence-electron chi connectivity index (χ3n) is 6.88. The number of nitrogens with zero attached hydrogens (tertiary/aromatic N) is 1. The number of Topliss-reactive ketones (excluding diaryl/α,β-unsaturated/α-hetero) is 1. The highest BCUT2D eigenvalue weighted by molar-refractivity contribution is 6.27. The molecule has 168 valence electrons. The fourth-order valence-corrected chi connectivity index (χ4v) is 5.35. The highest BCUT2D eigenvalue weighted by atomic mass is 19.1. The highest BCUT2D eigenvalue weighted by Crippen LogP contribution is 2.45. The van der Waals surface area contributed by atoms with Crippen molar-refractivity contribution >= 4 is 22.6 Å². The van der Waals surface area contributed by atoms with Gasteiger partial charge in [-0.3, -0.25) is 9.59 Å². The molecule has 1 fully saturated rings. The first-order valence-corrected chi connectivity index (χ1v) is 11.2. The molecule has 2 aliphatic rings. The number of rotatable bonds is 2. The van der Waals surface area contributed by atoms with Gasteiger partial charge in [-0.2, -0.15) is 0 Å². The van der Waals surface area contributed by atoms with E-state index < -0.39 is 18.0 Å². The molecular weight excluding hydrogens is 431 g/mol. The number of aromatic nitrogens is 1. The summed E-state index contributed by atoms with van der Waals surface area (Å²) in [5.74, 6) is -1.36. The maximum absolute atomic E-state index is 13.7. The van der Waals surface area contributed by atoms with E-state index in [1.54, 1.807) is 11.0 Å². The molecule has 2 aliphatic heterocycles. The molecule has 4 aromatic rings. The lowest BCUT2D eigenvalue weighted by Gasteiger charge is -2.37. The molecule has 3 heterocycles. The van der Waals surface area contributed by atoms with Crippen molar-refractivity contribution in [1.82, 2.24) is 9.88 Å². The SMILES string of the molecule is C/C(O)=C1\C(=O)[C@@H]2Cc3c([nH]c4ccccc34)[C@@H](c3ccc(-c4cccc(F)c4)cc3)N2C1=O. The average molecular weight is 452 g/mol. The van der Waals surface area contributed by atoms with Crippen molar-refractivity contribution < 1.29 is 19.1 Å². The van der Waals surface area contributed by atoms with Crippen LogP contribution in [0.25, 0.3) is 22.0 Å². The fraction of sp³-hybridized carbons (Fsp3) is 0.143. The van der Waals surface area contributed by atoms with E-state index >= 15 is 0 Å². The fourth-order valence-electron chi connectivity index (χ4n) is 5.35. The van der Waals surface area contributed by atoms with Gasteiger partial charge in [-0.05, 0) is 47.4 Å². The normalized spacial score (nSPS) is 21.1. The number of H-pyrrole nitrogens is 1. The summed E-state index contributed by atoms with van der Waals surface area (Å²) in [5, 5.41) is 11.1. The summed E-state index contributed by atoms with van der Waals surface area (Å²) in [7, 11) is 0. The van der Waals surface area contributed by atoms with E-state index in [1.807, 2.05) is 54.6 Å². The standard InChI is InChI=1S/C28H21FN2O3/c1-15(32)24-27(33)23-14-21-20-7-2-3-8-22(20)30-25(21)26(31(23)28(24)34)17-11-9-16(10-12-17)18-5-4-6-19(29)13-18/h2-13,23,26,30,32H,14H2,1H3/b24-15-/t23-,26+/m0/s1. The van der Waals surface area contributed by atoms with Crippen LogP contribution in [-0.2, 0) is 16.0 Å².